The van der Waals surface area contributed by atoms with Crippen molar-refractivity contribution in [2.24, 2.45) is 0 Å². The highest BCUT2D eigenvalue weighted by molar-refractivity contribution is 9.10. The third-order valence-corrected chi connectivity index (χ3v) is 2.72. The Balaban J connectivity index is 2.12. The molecule has 1 heterocycles. The molecule has 0 aliphatic heterocycles. The SMILES string of the molecule is CC(C)(C)OC(=O)NC/C=C/CNCc1cncc(Br)c1. The van der Waals surface area contributed by atoms with E-state index < -0.39 is 11.7 Å². The number of halogens is 1. The Morgan fingerprint density at radius 1 is 1.33 bits per heavy atom. The average molecular weight is 356 g/mol. The summed E-state index contributed by atoms with van der Waals surface area (Å²) in [6, 6.07) is 2.02. The van der Waals surface area contributed by atoms with Gasteiger partial charge in [-0.25, -0.2) is 4.79 Å². The molecule has 0 saturated heterocycles. The third-order valence-electron chi connectivity index (χ3n) is 2.28. The number of hydrogen-bond acceptors (Lipinski definition) is 4. The van der Waals surface area contributed by atoms with Crippen LogP contribution in [0, 0.1) is 0 Å². The van der Waals surface area contributed by atoms with Gasteiger partial charge in [0, 0.05) is 36.5 Å². The summed E-state index contributed by atoms with van der Waals surface area (Å²) in [6.07, 6.45) is 7.02. The van der Waals surface area contributed by atoms with Gasteiger partial charge in [-0.1, -0.05) is 12.2 Å². The molecule has 1 aromatic rings. The second-order valence-electron chi connectivity index (χ2n) is 5.50. The minimum atomic E-state index is -0.465. The van der Waals surface area contributed by atoms with Crippen LogP contribution in [-0.4, -0.2) is 29.8 Å². The molecule has 0 spiro atoms. The number of nitrogens with one attached hydrogen (secondary N) is 2. The van der Waals surface area contributed by atoms with Gasteiger partial charge in [-0.05, 0) is 48.3 Å². The number of ether oxygens (including phenoxy) is 1. The first kappa shape index (κ1) is 17.7. The van der Waals surface area contributed by atoms with E-state index in [9.17, 15) is 4.79 Å². The summed E-state index contributed by atoms with van der Waals surface area (Å²) in [5.74, 6) is 0. The van der Waals surface area contributed by atoms with E-state index in [2.05, 4.69) is 31.5 Å². The summed E-state index contributed by atoms with van der Waals surface area (Å²) >= 11 is 3.38. The first-order valence-electron chi connectivity index (χ1n) is 6.79. The van der Waals surface area contributed by atoms with Gasteiger partial charge < -0.3 is 15.4 Å². The van der Waals surface area contributed by atoms with Crippen LogP contribution in [0.4, 0.5) is 4.79 Å². The highest BCUT2D eigenvalue weighted by atomic mass is 79.9. The molecular formula is C15H22BrN3O2. The first-order chi connectivity index (χ1) is 9.87. The van der Waals surface area contributed by atoms with E-state index in [4.69, 9.17) is 4.74 Å². The Morgan fingerprint density at radius 2 is 2.05 bits per heavy atom. The molecular weight excluding hydrogens is 334 g/mol. The summed E-state index contributed by atoms with van der Waals surface area (Å²) < 4.78 is 6.09. The quantitative estimate of drug-likeness (QED) is 0.608. The highest BCUT2D eigenvalue weighted by Gasteiger charge is 2.14. The van der Waals surface area contributed by atoms with Crippen LogP contribution in [0.25, 0.3) is 0 Å². The minimum Gasteiger partial charge on any atom is -0.444 e. The van der Waals surface area contributed by atoms with Crippen LogP contribution in [0.1, 0.15) is 26.3 Å². The number of pyridine rings is 1. The van der Waals surface area contributed by atoms with Crippen molar-refractivity contribution in [3.63, 3.8) is 0 Å². The van der Waals surface area contributed by atoms with E-state index in [1.165, 1.54) is 0 Å². The number of amides is 1. The van der Waals surface area contributed by atoms with Crippen molar-refractivity contribution in [1.82, 2.24) is 15.6 Å². The van der Waals surface area contributed by atoms with E-state index in [-0.39, 0.29) is 0 Å². The van der Waals surface area contributed by atoms with Crippen LogP contribution in [0.2, 0.25) is 0 Å². The van der Waals surface area contributed by atoms with Crippen molar-refractivity contribution in [3.05, 3.63) is 40.6 Å². The fraction of sp³-hybridized carbons (Fsp3) is 0.467. The van der Waals surface area contributed by atoms with Crippen LogP contribution in [0.15, 0.2) is 35.1 Å². The molecule has 21 heavy (non-hydrogen) atoms. The monoisotopic (exact) mass is 355 g/mol. The van der Waals surface area contributed by atoms with E-state index in [1.54, 1.807) is 6.20 Å². The number of hydrogen-bond donors (Lipinski definition) is 2. The summed E-state index contributed by atoms with van der Waals surface area (Å²) in [7, 11) is 0. The Bertz CT molecular complexity index is 484. The topological polar surface area (TPSA) is 63.2 Å². The maximum atomic E-state index is 11.4. The molecule has 0 aromatic carbocycles. The number of carbonyl (C=O) groups excluding carboxylic acids is 1. The average Bonchev–Trinajstić information content (AvgIpc) is 2.35. The Morgan fingerprint density at radius 3 is 2.71 bits per heavy atom. The van der Waals surface area contributed by atoms with Gasteiger partial charge in [0.2, 0.25) is 0 Å². The van der Waals surface area contributed by atoms with Crippen molar-refractivity contribution in [1.29, 1.82) is 0 Å². The van der Waals surface area contributed by atoms with Gasteiger partial charge in [-0.2, -0.15) is 0 Å². The van der Waals surface area contributed by atoms with Gasteiger partial charge in [0.25, 0.3) is 0 Å². The first-order valence-corrected chi connectivity index (χ1v) is 7.58. The Kier molecular flexibility index (Phi) is 7.39. The molecule has 0 aliphatic rings. The zero-order valence-electron chi connectivity index (χ0n) is 12.6. The van der Waals surface area contributed by atoms with Gasteiger partial charge in [-0.3, -0.25) is 4.98 Å². The predicted molar refractivity (Wildman–Crippen MR) is 87.0 cm³/mol. The molecule has 0 radical (unpaired) electrons. The maximum Gasteiger partial charge on any atom is 0.407 e. The van der Waals surface area contributed by atoms with Crippen LogP contribution in [-0.2, 0) is 11.3 Å². The van der Waals surface area contributed by atoms with Crippen LogP contribution >= 0.6 is 15.9 Å². The standard InChI is InChI=1S/C15H22BrN3O2/c1-15(2,3)21-14(20)19-7-5-4-6-17-9-12-8-13(16)11-18-10-12/h4-5,8,10-11,17H,6-7,9H2,1-3H3,(H,19,20)/b5-4+. The molecule has 0 unspecified atom stereocenters. The molecule has 6 heteroatoms. The molecule has 116 valence electrons. The number of nitrogens with zero attached hydrogens (tertiary/aromatic N) is 1. The number of rotatable bonds is 6. The second kappa shape index (κ2) is 8.79. The molecule has 0 fully saturated rings. The highest BCUT2D eigenvalue weighted by Crippen LogP contribution is 2.09. The zero-order chi connectivity index (χ0) is 15.7. The number of aromatic nitrogens is 1. The summed E-state index contributed by atoms with van der Waals surface area (Å²) in [5.41, 5.74) is 0.650. The lowest BCUT2D eigenvalue weighted by molar-refractivity contribution is 0.0534. The van der Waals surface area contributed by atoms with Crippen LogP contribution < -0.4 is 10.6 Å². The lowest BCUT2D eigenvalue weighted by Crippen LogP contribution is -2.32. The number of carbonyl (C=O) groups is 1. The normalized spacial score (nSPS) is 11.6. The molecule has 1 aromatic heterocycles. The number of alkyl carbamates (subject to hydrolysis) is 1. The van der Waals surface area contributed by atoms with Crippen molar-refractivity contribution in [2.45, 2.75) is 32.9 Å². The van der Waals surface area contributed by atoms with Crippen molar-refractivity contribution in [2.75, 3.05) is 13.1 Å². The van der Waals surface area contributed by atoms with Gasteiger partial charge in [0.1, 0.15) is 5.60 Å². The molecule has 5 nitrogen and oxygen atoms in total. The van der Waals surface area contributed by atoms with Crippen LogP contribution in [0.3, 0.4) is 0 Å². The van der Waals surface area contributed by atoms with E-state index in [1.807, 2.05) is 45.2 Å². The second-order valence-corrected chi connectivity index (χ2v) is 6.41. The molecule has 1 rings (SSSR count). The molecule has 0 atom stereocenters. The summed E-state index contributed by atoms with van der Waals surface area (Å²) in [5, 5.41) is 5.93. The maximum absolute atomic E-state index is 11.4. The third kappa shape index (κ3) is 9.20. The van der Waals surface area contributed by atoms with E-state index in [0.29, 0.717) is 6.54 Å². The van der Waals surface area contributed by atoms with Crippen molar-refractivity contribution < 1.29 is 9.53 Å². The van der Waals surface area contributed by atoms with E-state index in [0.717, 1.165) is 23.1 Å². The largest absolute Gasteiger partial charge is 0.444 e. The minimum absolute atomic E-state index is 0.402. The van der Waals surface area contributed by atoms with Crippen molar-refractivity contribution in [3.8, 4) is 0 Å². The molecule has 0 aliphatic carbocycles. The smallest absolute Gasteiger partial charge is 0.407 e. The van der Waals surface area contributed by atoms with Crippen LogP contribution in [0.5, 0.6) is 0 Å². The van der Waals surface area contributed by atoms with Gasteiger partial charge >= 0.3 is 6.09 Å². The predicted octanol–water partition coefficient (Wildman–Crippen LogP) is 3.01. The van der Waals surface area contributed by atoms with Gasteiger partial charge in [-0.15, -0.1) is 0 Å². The lowest BCUT2D eigenvalue weighted by atomic mass is 10.2. The van der Waals surface area contributed by atoms with Crippen molar-refractivity contribution >= 4 is 22.0 Å². The fourth-order valence-corrected chi connectivity index (χ4v) is 1.89. The Labute approximate surface area is 134 Å². The summed E-state index contributed by atoms with van der Waals surface area (Å²) in [6.45, 7) is 7.43. The lowest BCUT2D eigenvalue weighted by Gasteiger charge is -2.19. The molecule has 2 N–H and O–H groups in total. The molecule has 0 bridgehead atoms. The van der Waals surface area contributed by atoms with Gasteiger partial charge in [0.05, 0.1) is 0 Å². The molecule has 0 saturated carbocycles. The fourth-order valence-electron chi connectivity index (χ4n) is 1.48. The van der Waals surface area contributed by atoms with E-state index >= 15 is 0 Å². The Hall–Kier alpha value is -1.40. The van der Waals surface area contributed by atoms with Gasteiger partial charge in [0.15, 0.2) is 0 Å². The zero-order valence-corrected chi connectivity index (χ0v) is 14.2. The molecule has 1 amide bonds. The summed E-state index contributed by atoms with van der Waals surface area (Å²) in [4.78, 5) is 15.5.